The molecular formula is C10H12FNO5S. The fraction of sp³-hybridized carbons (Fsp3) is 0.300. The van der Waals surface area contributed by atoms with Crippen molar-refractivity contribution in [1.29, 1.82) is 0 Å². The van der Waals surface area contributed by atoms with Crippen LogP contribution in [0.3, 0.4) is 0 Å². The maximum atomic E-state index is 13.0. The minimum Gasteiger partial charge on any atom is -0.495 e. The van der Waals surface area contributed by atoms with Crippen LogP contribution in [0.5, 0.6) is 5.75 Å². The average Bonchev–Trinajstić information content (AvgIpc) is 2.27. The summed E-state index contributed by atoms with van der Waals surface area (Å²) in [6, 6.07) is 2.50. The summed E-state index contributed by atoms with van der Waals surface area (Å²) < 4.78 is 39.5. The number of nitrogens with two attached hydrogens (primary N) is 1. The zero-order valence-electron chi connectivity index (χ0n) is 9.46. The molecule has 0 saturated carbocycles. The highest BCUT2D eigenvalue weighted by atomic mass is 32.3. The molecule has 0 fully saturated rings. The number of ether oxygens (including phenoxy) is 1. The third-order valence-corrected chi connectivity index (χ3v) is 3.11. The van der Waals surface area contributed by atoms with Crippen LogP contribution in [0.15, 0.2) is 23.1 Å². The molecular weight excluding hydrogens is 265 g/mol. The average molecular weight is 277 g/mol. The van der Waals surface area contributed by atoms with Gasteiger partial charge in [-0.2, -0.15) is 8.42 Å². The summed E-state index contributed by atoms with van der Waals surface area (Å²) in [6.07, 6.45) is -0.109. The Morgan fingerprint density at radius 2 is 2.17 bits per heavy atom. The van der Waals surface area contributed by atoms with Crippen LogP contribution in [0.1, 0.15) is 5.56 Å². The number of carboxylic acids is 1. The highest BCUT2D eigenvalue weighted by Crippen LogP contribution is 2.26. The van der Waals surface area contributed by atoms with E-state index in [0.29, 0.717) is 5.56 Å². The van der Waals surface area contributed by atoms with Gasteiger partial charge in [-0.25, -0.2) is 0 Å². The second kappa shape index (κ2) is 5.32. The van der Waals surface area contributed by atoms with Gasteiger partial charge in [0.2, 0.25) is 0 Å². The summed E-state index contributed by atoms with van der Waals surface area (Å²) in [4.78, 5) is 9.93. The fourth-order valence-electron chi connectivity index (χ4n) is 1.38. The lowest BCUT2D eigenvalue weighted by molar-refractivity contribution is -0.138. The van der Waals surface area contributed by atoms with E-state index < -0.39 is 27.1 Å². The number of hydrogen-bond acceptors (Lipinski definition) is 5. The first-order valence-electron chi connectivity index (χ1n) is 4.85. The van der Waals surface area contributed by atoms with Crippen LogP contribution in [0.2, 0.25) is 0 Å². The van der Waals surface area contributed by atoms with Crippen molar-refractivity contribution >= 4 is 16.2 Å². The van der Waals surface area contributed by atoms with E-state index in [1.807, 2.05) is 0 Å². The summed E-state index contributed by atoms with van der Waals surface area (Å²) in [7, 11) is -3.74. The van der Waals surface area contributed by atoms with Gasteiger partial charge in [0.25, 0.3) is 0 Å². The molecule has 1 rings (SSSR count). The molecule has 1 atom stereocenters. The molecule has 0 aromatic heterocycles. The van der Waals surface area contributed by atoms with Gasteiger partial charge in [-0.1, -0.05) is 6.07 Å². The first-order chi connectivity index (χ1) is 8.25. The summed E-state index contributed by atoms with van der Waals surface area (Å²) in [5.74, 6) is -1.37. The number of benzene rings is 1. The van der Waals surface area contributed by atoms with Gasteiger partial charge < -0.3 is 15.6 Å². The molecule has 100 valence electrons. The number of rotatable bonds is 5. The zero-order chi connectivity index (χ0) is 13.9. The number of aliphatic carboxylic acids is 1. The van der Waals surface area contributed by atoms with E-state index in [0.717, 1.165) is 6.07 Å². The molecule has 6 nitrogen and oxygen atoms in total. The van der Waals surface area contributed by atoms with E-state index in [9.17, 15) is 17.1 Å². The first kappa shape index (κ1) is 14.4. The van der Waals surface area contributed by atoms with Crippen molar-refractivity contribution < 1.29 is 26.9 Å². The van der Waals surface area contributed by atoms with Crippen LogP contribution in [0, 0.1) is 0 Å². The zero-order valence-corrected chi connectivity index (χ0v) is 10.3. The minimum atomic E-state index is -4.94. The Morgan fingerprint density at radius 3 is 2.61 bits per heavy atom. The topological polar surface area (TPSA) is 107 Å². The van der Waals surface area contributed by atoms with Crippen LogP contribution in [0.4, 0.5) is 3.89 Å². The van der Waals surface area contributed by atoms with Crippen molar-refractivity contribution in [3.8, 4) is 5.75 Å². The van der Waals surface area contributed by atoms with Gasteiger partial charge in [0.15, 0.2) is 0 Å². The lowest BCUT2D eigenvalue weighted by Crippen LogP contribution is -2.32. The third-order valence-electron chi connectivity index (χ3n) is 2.26. The van der Waals surface area contributed by atoms with Crippen molar-refractivity contribution in [3.63, 3.8) is 0 Å². The molecule has 0 saturated heterocycles. The van der Waals surface area contributed by atoms with Crippen LogP contribution in [-0.2, 0) is 21.4 Å². The molecule has 0 aliphatic heterocycles. The van der Waals surface area contributed by atoms with E-state index in [4.69, 9.17) is 15.6 Å². The lowest BCUT2D eigenvalue weighted by atomic mass is 10.1. The molecule has 3 N–H and O–H groups in total. The predicted molar refractivity (Wildman–Crippen MR) is 60.6 cm³/mol. The maximum Gasteiger partial charge on any atom is 0.335 e. The number of carboxylic acid groups (broad SMARTS) is 1. The minimum absolute atomic E-state index is 0.109. The van der Waals surface area contributed by atoms with Gasteiger partial charge in [-0.15, -0.1) is 3.89 Å². The van der Waals surface area contributed by atoms with Crippen LogP contribution >= 0.6 is 0 Å². The Labute approximate surface area is 103 Å². The molecule has 1 aromatic rings. The SMILES string of the molecule is COc1ccc(C[C@H](N)C(=O)O)cc1S(=O)(=O)F. The summed E-state index contributed by atoms with van der Waals surface area (Å²) in [5, 5.41) is 8.63. The van der Waals surface area contributed by atoms with Crippen molar-refractivity contribution in [3.05, 3.63) is 23.8 Å². The standard InChI is InChI=1S/C10H12FNO5S/c1-17-8-3-2-6(4-7(12)10(13)14)5-9(8)18(11,15)16/h2-3,5,7H,4,12H2,1H3,(H,13,14)/t7-/m0/s1. The monoisotopic (exact) mass is 277 g/mol. The third kappa shape index (κ3) is 3.41. The Bertz CT molecular complexity index is 557. The number of carbonyl (C=O) groups is 1. The van der Waals surface area contributed by atoms with Crippen LogP contribution < -0.4 is 10.5 Å². The molecule has 0 amide bonds. The molecule has 1 aromatic carbocycles. The van der Waals surface area contributed by atoms with Gasteiger partial charge in [0.05, 0.1) is 7.11 Å². The van der Waals surface area contributed by atoms with Crippen LogP contribution in [0.25, 0.3) is 0 Å². The highest BCUT2D eigenvalue weighted by molar-refractivity contribution is 7.86. The molecule has 8 heteroatoms. The second-order valence-corrected chi connectivity index (χ2v) is 4.89. The van der Waals surface area contributed by atoms with Crippen LogP contribution in [-0.4, -0.2) is 32.6 Å². The van der Waals surface area contributed by atoms with Gasteiger partial charge in [-0.05, 0) is 24.1 Å². The number of halogens is 1. The van der Waals surface area contributed by atoms with Gasteiger partial charge >= 0.3 is 16.2 Å². The first-order valence-corrected chi connectivity index (χ1v) is 6.24. The molecule has 0 aliphatic carbocycles. The number of methoxy groups -OCH3 is 1. The fourth-order valence-corrected chi connectivity index (χ4v) is 2.06. The Balaban J connectivity index is 3.15. The van der Waals surface area contributed by atoms with E-state index in [2.05, 4.69) is 0 Å². The Morgan fingerprint density at radius 1 is 1.56 bits per heavy atom. The molecule has 0 aliphatic rings. The Kier molecular flexibility index (Phi) is 4.25. The van der Waals surface area contributed by atoms with Crippen molar-refractivity contribution in [1.82, 2.24) is 0 Å². The lowest BCUT2D eigenvalue weighted by Gasteiger charge is -2.09. The van der Waals surface area contributed by atoms with Crippen molar-refractivity contribution in [2.45, 2.75) is 17.4 Å². The largest absolute Gasteiger partial charge is 0.495 e. The maximum absolute atomic E-state index is 13.0. The molecule has 0 unspecified atom stereocenters. The van der Waals surface area contributed by atoms with Gasteiger partial charge in [0, 0.05) is 0 Å². The van der Waals surface area contributed by atoms with E-state index in [1.54, 1.807) is 0 Å². The predicted octanol–water partition coefficient (Wildman–Crippen LogP) is 0.308. The highest BCUT2D eigenvalue weighted by Gasteiger charge is 2.20. The van der Waals surface area contributed by atoms with Crippen molar-refractivity contribution in [2.75, 3.05) is 7.11 Å². The quantitative estimate of drug-likeness (QED) is 0.750. The van der Waals surface area contributed by atoms with Gasteiger partial charge in [-0.3, -0.25) is 4.79 Å². The summed E-state index contributed by atoms with van der Waals surface area (Å²) >= 11 is 0. The molecule has 0 spiro atoms. The van der Waals surface area contributed by atoms with E-state index in [-0.39, 0.29) is 12.2 Å². The van der Waals surface area contributed by atoms with E-state index in [1.165, 1.54) is 19.2 Å². The Hall–Kier alpha value is -1.67. The smallest absolute Gasteiger partial charge is 0.335 e. The van der Waals surface area contributed by atoms with E-state index >= 15 is 0 Å². The second-order valence-electron chi connectivity index (χ2n) is 3.57. The van der Waals surface area contributed by atoms with Crippen molar-refractivity contribution in [2.24, 2.45) is 5.73 Å². The number of hydrogen-bond donors (Lipinski definition) is 2. The molecule has 0 bridgehead atoms. The molecule has 0 heterocycles. The molecule has 18 heavy (non-hydrogen) atoms. The normalized spacial score (nSPS) is 13.1. The molecule has 0 radical (unpaired) electrons. The summed E-state index contributed by atoms with van der Waals surface area (Å²) in [6.45, 7) is 0. The van der Waals surface area contributed by atoms with Gasteiger partial charge in [0.1, 0.15) is 16.7 Å². The summed E-state index contributed by atoms with van der Waals surface area (Å²) in [5.41, 5.74) is 5.60.